The topological polar surface area (TPSA) is 113 Å². The van der Waals surface area contributed by atoms with Gasteiger partial charge in [-0.25, -0.2) is 4.68 Å². The normalized spacial score (nSPS) is 10.9. The summed E-state index contributed by atoms with van der Waals surface area (Å²) in [5.74, 6) is 0.494. The quantitative estimate of drug-likeness (QED) is 0.420. The van der Waals surface area contributed by atoms with Crippen LogP contribution >= 0.6 is 11.8 Å². The highest BCUT2D eigenvalue weighted by molar-refractivity contribution is 7.99. The van der Waals surface area contributed by atoms with Crippen LogP contribution in [0.2, 0.25) is 0 Å². The number of hydrogen-bond acceptors (Lipinski definition) is 8. The zero-order valence-electron chi connectivity index (χ0n) is 17.0. The SMILES string of the molecule is CCSc1nnnn1-c1ccc(NC(=O)c2nnn(-c3ccccc3)c2COC)cc1. The Morgan fingerprint density at radius 1 is 1.00 bits per heavy atom. The van der Waals surface area contributed by atoms with Crippen molar-refractivity contribution < 1.29 is 9.53 Å². The van der Waals surface area contributed by atoms with Gasteiger partial charge >= 0.3 is 0 Å². The Balaban J connectivity index is 1.54. The maximum absolute atomic E-state index is 12.9. The number of hydrogen-bond donors (Lipinski definition) is 1. The van der Waals surface area contributed by atoms with Crippen LogP contribution in [0.3, 0.4) is 0 Å². The minimum atomic E-state index is -0.369. The van der Waals surface area contributed by atoms with E-state index in [0.29, 0.717) is 16.5 Å². The van der Waals surface area contributed by atoms with Crippen molar-refractivity contribution in [1.29, 1.82) is 0 Å². The van der Waals surface area contributed by atoms with Crippen LogP contribution in [0.4, 0.5) is 5.69 Å². The van der Waals surface area contributed by atoms with Crippen molar-refractivity contribution in [3.63, 3.8) is 0 Å². The number of tetrazole rings is 1. The van der Waals surface area contributed by atoms with E-state index in [1.165, 1.54) is 0 Å². The molecular weight excluding hydrogens is 416 g/mol. The Hall–Kier alpha value is -3.57. The van der Waals surface area contributed by atoms with Gasteiger partial charge in [0.25, 0.3) is 5.91 Å². The third-order valence-corrected chi connectivity index (χ3v) is 5.15. The number of amides is 1. The molecule has 158 valence electrons. The number of carbonyl (C=O) groups excluding carboxylic acids is 1. The summed E-state index contributed by atoms with van der Waals surface area (Å²) in [7, 11) is 1.56. The fraction of sp³-hybridized carbons (Fsp3) is 0.200. The highest BCUT2D eigenvalue weighted by atomic mass is 32.2. The molecule has 0 saturated carbocycles. The molecule has 0 fully saturated rings. The molecule has 0 bridgehead atoms. The van der Waals surface area contributed by atoms with Gasteiger partial charge in [0.05, 0.1) is 18.0 Å². The van der Waals surface area contributed by atoms with Gasteiger partial charge in [0.1, 0.15) is 5.69 Å². The molecule has 1 N–H and O–H groups in total. The number of aromatic nitrogens is 7. The maximum atomic E-state index is 12.9. The molecule has 2 aromatic carbocycles. The van der Waals surface area contributed by atoms with E-state index in [-0.39, 0.29) is 18.2 Å². The minimum absolute atomic E-state index is 0.195. The van der Waals surface area contributed by atoms with E-state index in [4.69, 9.17) is 4.74 Å². The third-order valence-electron chi connectivity index (χ3n) is 4.34. The number of methoxy groups -OCH3 is 1. The number of anilines is 1. The average Bonchev–Trinajstić information content (AvgIpc) is 3.43. The zero-order chi connectivity index (χ0) is 21.6. The molecule has 0 aliphatic heterocycles. The molecule has 0 unspecified atom stereocenters. The summed E-state index contributed by atoms with van der Waals surface area (Å²) in [4.78, 5) is 12.9. The van der Waals surface area contributed by atoms with Gasteiger partial charge in [0, 0.05) is 12.8 Å². The molecule has 4 rings (SSSR count). The number of rotatable bonds is 8. The number of ether oxygens (including phenoxy) is 1. The molecule has 4 aromatic rings. The molecule has 0 saturated heterocycles. The third kappa shape index (κ3) is 4.47. The molecule has 1 amide bonds. The second-order valence-electron chi connectivity index (χ2n) is 6.37. The average molecular weight is 437 g/mol. The number of thioether (sulfide) groups is 1. The summed E-state index contributed by atoms with van der Waals surface area (Å²) in [6, 6.07) is 16.7. The monoisotopic (exact) mass is 436 g/mol. The van der Waals surface area contributed by atoms with Crippen LogP contribution in [0.25, 0.3) is 11.4 Å². The summed E-state index contributed by atoms with van der Waals surface area (Å²) in [5.41, 5.74) is 2.99. The van der Waals surface area contributed by atoms with Crippen LogP contribution in [-0.4, -0.2) is 54.0 Å². The van der Waals surface area contributed by atoms with Crippen LogP contribution in [-0.2, 0) is 11.3 Å². The molecule has 0 aliphatic rings. The van der Waals surface area contributed by atoms with Gasteiger partial charge in [-0.3, -0.25) is 4.79 Å². The molecule has 2 heterocycles. The van der Waals surface area contributed by atoms with Crippen molar-refractivity contribution in [2.24, 2.45) is 0 Å². The largest absolute Gasteiger partial charge is 0.378 e. The van der Waals surface area contributed by atoms with Gasteiger partial charge in [-0.05, 0) is 52.6 Å². The standard InChI is InChI=1S/C20H20N8O2S/c1-3-31-20-23-24-26-28(20)16-11-9-14(10-12-16)21-19(29)18-17(13-30-2)27(25-22-18)15-7-5-4-6-8-15/h4-12H,3,13H2,1-2H3,(H,21,29). The number of nitrogens with zero attached hydrogens (tertiary/aromatic N) is 7. The lowest BCUT2D eigenvalue weighted by Gasteiger charge is -2.09. The minimum Gasteiger partial charge on any atom is -0.378 e. The van der Waals surface area contributed by atoms with Crippen LogP contribution in [0.1, 0.15) is 23.1 Å². The van der Waals surface area contributed by atoms with Gasteiger partial charge in [-0.15, -0.1) is 10.2 Å². The number of nitrogens with one attached hydrogen (secondary N) is 1. The van der Waals surface area contributed by atoms with Crippen molar-refractivity contribution in [2.45, 2.75) is 18.7 Å². The maximum Gasteiger partial charge on any atom is 0.278 e. The second kappa shape index (κ2) is 9.49. The molecule has 0 radical (unpaired) electrons. The Morgan fingerprint density at radius 2 is 1.74 bits per heavy atom. The van der Waals surface area contributed by atoms with Gasteiger partial charge in [-0.2, -0.15) is 4.68 Å². The van der Waals surface area contributed by atoms with Crippen molar-refractivity contribution in [1.82, 2.24) is 35.2 Å². The highest BCUT2D eigenvalue weighted by Gasteiger charge is 2.21. The van der Waals surface area contributed by atoms with Crippen LogP contribution in [0, 0.1) is 0 Å². The van der Waals surface area contributed by atoms with Crippen molar-refractivity contribution in [3.05, 3.63) is 66.0 Å². The summed E-state index contributed by atoms with van der Waals surface area (Å²) >= 11 is 1.55. The number of benzene rings is 2. The summed E-state index contributed by atoms with van der Waals surface area (Å²) in [5, 5.41) is 23.6. The molecule has 31 heavy (non-hydrogen) atoms. The summed E-state index contributed by atoms with van der Waals surface area (Å²) in [6.45, 7) is 2.23. The lowest BCUT2D eigenvalue weighted by atomic mass is 10.2. The molecule has 0 aliphatic carbocycles. The Morgan fingerprint density at radius 3 is 2.45 bits per heavy atom. The first kappa shape index (κ1) is 20.7. The smallest absolute Gasteiger partial charge is 0.278 e. The lowest BCUT2D eigenvalue weighted by molar-refractivity contribution is 0.101. The number of para-hydroxylation sites is 1. The van der Waals surface area contributed by atoms with E-state index in [0.717, 1.165) is 17.1 Å². The molecule has 2 aromatic heterocycles. The Bertz CT molecular complexity index is 1160. The van der Waals surface area contributed by atoms with Gasteiger partial charge in [-0.1, -0.05) is 42.1 Å². The first-order chi connectivity index (χ1) is 15.2. The molecular formula is C20H20N8O2S. The van der Waals surface area contributed by atoms with Crippen molar-refractivity contribution in [2.75, 3.05) is 18.2 Å². The van der Waals surface area contributed by atoms with Crippen LogP contribution in [0.5, 0.6) is 0 Å². The van der Waals surface area contributed by atoms with Crippen molar-refractivity contribution >= 4 is 23.4 Å². The van der Waals surface area contributed by atoms with Gasteiger partial charge in [0.15, 0.2) is 5.69 Å². The summed E-state index contributed by atoms with van der Waals surface area (Å²) < 4.78 is 8.53. The zero-order valence-corrected chi connectivity index (χ0v) is 17.8. The Labute approximate surface area is 182 Å². The Kier molecular flexibility index (Phi) is 6.34. The molecule has 11 heteroatoms. The molecule has 10 nitrogen and oxygen atoms in total. The molecule has 0 spiro atoms. The van der Waals surface area contributed by atoms with E-state index in [9.17, 15) is 4.79 Å². The highest BCUT2D eigenvalue weighted by Crippen LogP contribution is 2.20. The van der Waals surface area contributed by atoms with Gasteiger partial charge < -0.3 is 10.1 Å². The lowest BCUT2D eigenvalue weighted by Crippen LogP contribution is -2.16. The first-order valence-electron chi connectivity index (χ1n) is 9.53. The predicted molar refractivity (Wildman–Crippen MR) is 116 cm³/mol. The number of carbonyl (C=O) groups is 1. The van der Waals surface area contributed by atoms with Crippen LogP contribution < -0.4 is 5.32 Å². The fourth-order valence-electron chi connectivity index (χ4n) is 2.96. The first-order valence-corrected chi connectivity index (χ1v) is 10.5. The predicted octanol–water partition coefficient (Wildman–Crippen LogP) is 2.75. The summed E-state index contributed by atoms with van der Waals surface area (Å²) in [6.07, 6.45) is 0. The van der Waals surface area contributed by atoms with Gasteiger partial charge in [0.2, 0.25) is 5.16 Å². The second-order valence-corrected chi connectivity index (χ2v) is 7.60. The fourth-order valence-corrected chi connectivity index (χ4v) is 3.57. The molecule has 0 atom stereocenters. The van der Waals surface area contributed by atoms with E-state index in [1.54, 1.807) is 40.4 Å². The van der Waals surface area contributed by atoms with E-state index in [2.05, 4.69) is 31.2 Å². The van der Waals surface area contributed by atoms with E-state index < -0.39 is 0 Å². The van der Waals surface area contributed by atoms with E-state index >= 15 is 0 Å². The van der Waals surface area contributed by atoms with E-state index in [1.807, 2.05) is 49.4 Å². The van der Waals surface area contributed by atoms with Crippen LogP contribution in [0.15, 0.2) is 59.8 Å². The van der Waals surface area contributed by atoms with Crippen molar-refractivity contribution in [3.8, 4) is 11.4 Å².